The van der Waals surface area contributed by atoms with Crippen LogP contribution < -0.4 is 10.1 Å². The van der Waals surface area contributed by atoms with Crippen LogP contribution in [0.25, 0.3) is 10.9 Å². The standard InChI is InChI=1S/C21H23N3O2S/c1-15-12-16-4-2-3-5-19(16)24(15)10-9-22-21(25)17-6-7-20(23-13-17)26-18-8-11-27-14-18/h2-7,12-13,18H,8-11,14H2,1H3,(H,22,25). The Morgan fingerprint density at radius 1 is 1.33 bits per heavy atom. The highest BCUT2D eigenvalue weighted by atomic mass is 32.2. The van der Waals surface area contributed by atoms with E-state index in [2.05, 4.69) is 40.0 Å². The maximum Gasteiger partial charge on any atom is 0.252 e. The Kier molecular flexibility index (Phi) is 5.34. The maximum absolute atomic E-state index is 12.4. The third kappa shape index (κ3) is 4.11. The number of para-hydroxylation sites is 1. The second-order valence-corrected chi connectivity index (χ2v) is 7.89. The van der Waals surface area contributed by atoms with Gasteiger partial charge < -0.3 is 14.6 Å². The molecule has 1 atom stereocenters. The van der Waals surface area contributed by atoms with E-state index in [1.54, 1.807) is 18.3 Å². The molecular formula is C21H23N3O2S. The van der Waals surface area contributed by atoms with Crippen molar-refractivity contribution in [3.63, 3.8) is 0 Å². The first kappa shape index (κ1) is 17.9. The molecular weight excluding hydrogens is 358 g/mol. The second-order valence-electron chi connectivity index (χ2n) is 6.74. The number of amides is 1. The molecule has 1 aromatic carbocycles. The molecule has 3 aromatic rings. The van der Waals surface area contributed by atoms with Crippen molar-refractivity contribution in [2.45, 2.75) is 26.0 Å². The van der Waals surface area contributed by atoms with E-state index >= 15 is 0 Å². The molecule has 5 nitrogen and oxygen atoms in total. The van der Waals surface area contributed by atoms with Crippen molar-refractivity contribution >= 4 is 28.6 Å². The van der Waals surface area contributed by atoms with E-state index < -0.39 is 0 Å². The number of benzene rings is 1. The lowest BCUT2D eigenvalue weighted by molar-refractivity contribution is 0.0952. The largest absolute Gasteiger partial charge is 0.473 e. The van der Waals surface area contributed by atoms with Crippen molar-refractivity contribution < 1.29 is 9.53 Å². The molecule has 2 aromatic heterocycles. The van der Waals surface area contributed by atoms with Crippen molar-refractivity contribution in [3.8, 4) is 5.88 Å². The predicted octanol–water partition coefficient (Wildman–Crippen LogP) is 3.66. The number of thioether (sulfide) groups is 1. The maximum atomic E-state index is 12.4. The van der Waals surface area contributed by atoms with Crippen molar-refractivity contribution in [1.82, 2.24) is 14.9 Å². The molecule has 0 spiro atoms. The lowest BCUT2D eigenvalue weighted by Gasteiger charge is -2.12. The summed E-state index contributed by atoms with van der Waals surface area (Å²) < 4.78 is 8.05. The lowest BCUT2D eigenvalue weighted by atomic mass is 10.2. The zero-order chi connectivity index (χ0) is 18.6. The molecule has 3 heterocycles. The zero-order valence-corrected chi connectivity index (χ0v) is 16.2. The number of rotatable bonds is 6. The van der Waals surface area contributed by atoms with Crippen LogP contribution in [0.1, 0.15) is 22.5 Å². The van der Waals surface area contributed by atoms with E-state index in [-0.39, 0.29) is 12.0 Å². The Labute approximate surface area is 163 Å². The molecule has 1 amide bonds. The third-order valence-electron chi connectivity index (χ3n) is 4.81. The molecule has 0 radical (unpaired) electrons. The van der Waals surface area contributed by atoms with Crippen LogP contribution in [0.3, 0.4) is 0 Å². The van der Waals surface area contributed by atoms with Crippen LogP contribution in [0.2, 0.25) is 0 Å². The van der Waals surface area contributed by atoms with Crippen molar-refractivity contribution in [1.29, 1.82) is 0 Å². The predicted molar refractivity (Wildman–Crippen MR) is 110 cm³/mol. The van der Waals surface area contributed by atoms with E-state index in [9.17, 15) is 4.79 Å². The van der Waals surface area contributed by atoms with Gasteiger partial charge in [-0.25, -0.2) is 4.98 Å². The summed E-state index contributed by atoms with van der Waals surface area (Å²) in [6, 6.07) is 14.0. The van der Waals surface area contributed by atoms with E-state index in [4.69, 9.17) is 4.74 Å². The van der Waals surface area contributed by atoms with Crippen LogP contribution in [-0.2, 0) is 6.54 Å². The molecule has 1 unspecified atom stereocenters. The highest BCUT2D eigenvalue weighted by Gasteiger charge is 2.17. The SMILES string of the molecule is Cc1cc2ccccc2n1CCNC(=O)c1ccc(OC2CCSC2)nc1. The van der Waals surface area contributed by atoms with Gasteiger partial charge in [-0.3, -0.25) is 4.79 Å². The fourth-order valence-corrected chi connectivity index (χ4v) is 4.48. The number of fused-ring (bicyclic) bond motifs is 1. The van der Waals surface area contributed by atoms with Gasteiger partial charge in [0.1, 0.15) is 6.10 Å². The fourth-order valence-electron chi connectivity index (χ4n) is 3.39. The van der Waals surface area contributed by atoms with Gasteiger partial charge in [-0.05, 0) is 42.7 Å². The molecule has 0 saturated carbocycles. The van der Waals surface area contributed by atoms with E-state index in [1.165, 1.54) is 16.6 Å². The second kappa shape index (κ2) is 8.05. The summed E-state index contributed by atoms with van der Waals surface area (Å²) in [6.07, 6.45) is 2.88. The van der Waals surface area contributed by atoms with Crippen LogP contribution >= 0.6 is 11.8 Å². The summed E-state index contributed by atoms with van der Waals surface area (Å²) in [4.78, 5) is 16.7. The minimum atomic E-state index is -0.111. The van der Waals surface area contributed by atoms with Crippen molar-refractivity contribution in [2.75, 3.05) is 18.1 Å². The summed E-state index contributed by atoms with van der Waals surface area (Å²) in [5.41, 5.74) is 2.94. The van der Waals surface area contributed by atoms with Crippen LogP contribution in [0, 0.1) is 6.92 Å². The van der Waals surface area contributed by atoms with Gasteiger partial charge in [0.15, 0.2) is 0 Å². The molecule has 1 aliphatic rings. The van der Waals surface area contributed by atoms with Gasteiger partial charge in [0.05, 0.1) is 5.56 Å². The first-order valence-electron chi connectivity index (χ1n) is 9.24. The first-order valence-corrected chi connectivity index (χ1v) is 10.4. The minimum absolute atomic E-state index is 0.111. The quantitative estimate of drug-likeness (QED) is 0.708. The first-order chi connectivity index (χ1) is 13.2. The van der Waals surface area contributed by atoms with Gasteiger partial charge in [-0.2, -0.15) is 11.8 Å². The van der Waals surface area contributed by atoms with E-state index in [0.29, 0.717) is 18.0 Å². The van der Waals surface area contributed by atoms with Gasteiger partial charge in [-0.15, -0.1) is 0 Å². The summed E-state index contributed by atoms with van der Waals surface area (Å²) in [5.74, 6) is 2.63. The Bertz CT molecular complexity index is 930. The summed E-state index contributed by atoms with van der Waals surface area (Å²) >= 11 is 1.90. The number of pyridine rings is 1. The van der Waals surface area contributed by atoms with Gasteiger partial charge in [0, 0.05) is 42.3 Å². The normalized spacial score (nSPS) is 16.6. The number of carbonyl (C=O) groups excluding carboxylic acids is 1. The van der Waals surface area contributed by atoms with Crippen LogP contribution in [0.4, 0.5) is 0 Å². The molecule has 6 heteroatoms. The third-order valence-corrected chi connectivity index (χ3v) is 5.94. The van der Waals surface area contributed by atoms with E-state index in [0.717, 1.165) is 24.5 Å². The number of nitrogens with zero attached hydrogens (tertiary/aromatic N) is 2. The molecule has 1 aliphatic heterocycles. The molecule has 0 aliphatic carbocycles. The average Bonchev–Trinajstić information content (AvgIpc) is 3.30. The molecule has 4 rings (SSSR count). The molecule has 27 heavy (non-hydrogen) atoms. The molecule has 1 N–H and O–H groups in total. The van der Waals surface area contributed by atoms with Gasteiger partial charge in [0.25, 0.3) is 5.91 Å². The number of aryl methyl sites for hydroxylation is 1. The molecule has 1 saturated heterocycles. The van der Waals surface area contributed by atoms with Gasteiger partial charge in [-0.1, -0.05) is 18.2 Å². The number of nitrogens with one attached hydrogen (secondary N) is 1. The topological polar surface area (TPSA) is 56.2 Å². The Morgan fingerprint density at radius 2 is 2.22 bits per heavy atom. The Balaban J connectivity index is 1.33. The molecule has 140 valence electrons. The number of carbonyl (C=O) groups is 1. The van der Waals surface area contributed by atoms with Crippen LogP contribution in [0.15, 0.2) is 48.7 Å². The van der Waals surface area contributed by atoms with Crippen LogP contribution in [-0.4, -0.2) is 39.6 Å². The summed E-state index contributed by atoms with van der Waals surface area (Å²) in [5, 5.41) is 4.20. The summed E-state index contributed by atoms with van der Waals surface area (Å²) in [7, 11) is 0. The lowest BCUT2D eigenvalue weighted by Crippen LogP contribution is -2.27. The fraction of sp³-hybridized carbons (Fsp3) is 0.333. The van der Waals surface area contributed by atoms with Gasteiger partial charge >= 0.3 is 0 Å². The zero-order valence-electron chi connectivity index (χ0n) is 15.4. The van der Waals surface area contributed by atoms with E-state index in [1.807, 2.05) is 23.9 Å². The highest BCUT2D eigenvalue weighted by molar-refractivity contribution is 7.99. The monoisotopic (exact) mass is 381 g/mol. The number of aromatic nitrogens is 2. The van der Waals surface area contributed by atoms with Gasteiger partial charge in [0.2, 0.25) is 5.88 Å². The average molecular weight is 382 g/mol. The Morgan fingerprint density at radius 3 is 3.00 bits per heavy atom. The number of hydrogen-bond donors (Lipinski definition) is 1. The molecule has 0 bridgehead atoms. The van der Waals surface area contributed by atoms with Crippen LogP contribution in [0.5, 0.6) is 5.88 Å². The smallest absolute Gasteiger partial charge is 0.252 e. The summed E-state index contributed by atoms with van der Waals surface area (Å²) in [6.45, 7) is 3.39. The molecule has 1 fully saturated rings. The van der Waals surface area contributed by atoms with Crippen molar-refractivity contribution in [3.05, 3.63) is 59.9 Å². The highest BCUT2D eigenvalue weighted by Crippen LogP contribution is 2.22. The number of ether oxygens (including phenoxy) is 1. The number of hydrogen-bond acceptors (Lipinski definition) is 4. The Hall–Kier alpha value is -2.47. The minimum Gasteiger partial charge on any atom is -0.473 e. The van der Waals surface area contributed by atoms with Crippen molar-refractivity contribution in [2.24, 2.45) is 0 Å².